The van der Waals surface area contributed by atoms with E-state index in [1.165, 1.54) is 31.0 Å². The number of halogens is 5. The molecule has 29 heavy (non-hydrogen) atoms. The van der Waals surface area contributed by atoms with E-state index < -0.39 is 29.8 Å². The van der Waals surface area contributed by atoms with Crippen molar-refractivity contribution in [1.82, 2.24) is 4.98 Å². The highest BCUT2D eigenvalue weighted by molar-refractivity contribution is 6.42. The lowest BCUT2D eigenvalue weighted by Gasteiger charge is -2.26. The molecule has 2 aromatic rings. The van der Waals surface area contributed by atoms with Gasteiger partial charge in [0.1, 0.15) is 12.4 Å². The quantitative estimate of drug-likeness (QED) is 0.683. The standard InChI is InChI=1S/C18H14Cl2F3N3O3/c1-9-5-10(18(21,22)23)6-15(24-9)26-14(8-29-17(26)28)16(27)25(2)11-3-4-12(19)13(20)7-11/h3-7,14H,8H2,1-2H3/t14-/m0/s1. The first-order valence-corrected chi connectivity index (χ1v) is 8.99. The van der Waals surface area contributed by atoms with Crippen LogP contribution in [-0.4, -0.2) is 36.7 Å². The summed E-state index contributed by atoms with van der Waals surface area (Å²) in [4.78, 5) is 31.2. The van der Waals surface area contributed by atoms with E-state index >= 15 is 0 Å². The maximum atomic E-state index is 13.1. The number of amides is 2. The Morgan fingerprint density at radius 1 is 1.24 bits per heavy atom. The highest BCUT2D eigenvalue weighted by Gasteiger charge is 2.43. The van der Waals surface area contributed by atoms with Crippen molar-refractivity contribution in [2.45, 2.75) is 19.1 Å². The molecule has 11 heteroatoms. The molecule has 1 fully saturated rings. The molecule has 1 atom stereocenters. The fourth-order valence-corrected chi connectivity index (χ4v) is 3.13. The van der Waals surface area contributed by atoms with Crippen molar-refractivity contribution < 1.29 is 27.5 Å². The highest BCUT2D eigenvalue weighted by atomic mass is 35.5. The molecule has 0 bridgehead atoms. The Kier molecular flexibility index (Phi) is 5.64. The number of ether oxygens (including phenoxy) is 1. The molecule has 1 aliphatic rings. The van der Waals surface area contributed by atoms with Gasteiger partial charge < -0.3 is 9.64 Å². The molecule has 0 radical (unpaired) electrons. The van der Waals surface area contributed by atoms with Crippen LogP contribution in [0.5, 0.6) is 0 Å². The summed E-state index contributed by atoms with van der Waals surface area (Å²) in [6.07, 6.45) is -5.60. The van der Waals surface area contributed by atoms with Gasteiger partial charge in [-0.05, 0) is 37.3 Å². The lowest BCUT2D eigenvalue weighted by atomic mass is 10.2. The van der Waals surface area contributed by atoms with Crippen LogP contribution in [0.3, 0.4) is 0 Å². The van der Waals surface area contributed by atoms with Crippen molar-refractivity contribution >= 4 is 46.7 Å². The van der Waals surface area contributed by atoms with Crippen molar-refractivity contribution in [2.75, 3.05) is 23.5 Å². The van der Waals surface area contributed by atoms with Gasteiger partial charge in [-0.3, -0.25) is 4.79 Å². The van der Waals surface area contributed by atoms with Gasteiger partial charge in [0.2, 0.25) is 0 Å². The molecule has 2 heterocycles. The zero-order valence-corrected chi connectivity index (χ0v) is 16.6. The predicted octanol–water partition coefficient (Wildman–Crippen LogP) is 4.70. The van der Waals surface area contributed by atoms with Crippen LogP contribution >= 0.6 is 23.2 Å². The van der Waals surface area contributed by atoms with Crippen molar-refractivity contribution in [3.63, 3.8) is 0 Å². The third kappa shape index (κ3) is 4.25. The van der Waals surface area contributed by atoms with Crippen LogP contribution in [0.1, 0.15) is 11.3 Å². The Morgan fingerprint density at radius 3 is 2.55 bits per heavy atom. The number of nitrogens with zero attached hydrogens (tertiary/aromatic N) is 3. The van der Waals surface area contributed by atoms with Crippen molar-refractivity contribution in [1.29, 1.82) is 0 Å². The van der Waals surface area contributed by atoms with Crippen LogP contribution in [0.15, 0.2) is 30.3 Å². The number of alkyl halides is 3. The molecular formula is C18H14Cl2F3N3O3. The zero-order chi connectivity index (χ0) is 21.5. The number of hydrogen-bond donors (Lipinski definition) is 0. The second-order valence-electron chi connectivity index (χ2n) is 6.31. The van der Waals surface area contributed by atoms with E-state index in [9.17, 15) is 22.8 Å². The number of cyclic esters (lactones) is 1. The normalized spacial score (nSPS) is 16.7. The number of aryl methyl sites for hydroxylation is 1. The third-order valence-electron chi connectivity index (χ3n) is 4.29. The molecule has 6 nitrogen and oxygen atoms in total. The first-order valence-electron chi connectivity index (χ1n) is 8.23. The summed E-state index contributed by atoms with van der Waals surface area (Å²) in [6, 6.07) is 4.85. The zero-order valence-electron chi connectivity index (χ0n) is 15.1. The van der Waals surface area contributed by atoms with Gasteiger partial charge in [-0.25, -0.2) is 14.7 Å². The molecule has 1 aromatic carbocycles. The maximum absolute atomic E-state index is 13.1. The van der Waals surface area contributed by atoms with Crippen LogP contribution in [0, 0.1) is 6.92 Å². The largest absolute Gasteiger partial charge is 0.446 e. The van der Waals surface area contributed by atoms with Gasteiger partial charge in [0, 0.05) is 18.4 Å². The summed E-state index contributed by atoms with van der Waals surface area (Å²) in [5.74, 6) is -0.910. The lowest BCUT2D eigenvalue weighted by molar-refractivity contribution is -0.137. The summed E-state index contributed by atoms with van der Waals surface area (Å²) in [6.45, 7) is 1.03. The van der Waals surface area contributed by atoms with E-state index in [4.69, 9.17) is 27.9 Å². The van der Waals surface area contributed by atoms with E-state index in [1.54, 1.807) is 6.07 Å². The van der Waals surface area contributed by atoms with E-state index in [1.807, 2.05) is 0 Å². The van der Waals surface area contributed by atoms with Gasteiger partial charge in [-0.2, -0.15) is 13.2 Å². The first-order chi connectivity index (χ1) is 13.5. The lowest BCUT2D eigenvalue weighted by Crippen LogP contribution is -2.47. The number of likely N-dealkylation sites (N-methyl/N-ethyl adjacent to an activating group) is 1. The third-order valence-corrected chi connectivity index (χ3v) is 5.03. The minimum absolute atomic E-state index is 0.0403. The fraction of sp³-hybridized carbons (Fsp3) is 0.278. The molecule has 1 aromatic heterocycles. The van der Waals surface area contributed by atoms with E-state index in [2.05, 4.69) is 4.98 Å². The monoisotopic (exact) mass is 447 g/mol. The second kappa shape index (κ2) is 7.72. The molecule has 3 rings (SSSR count). The average Bonchev–Trinajstić information content (AvgIpc) is 3.03. The number of pyridine rings is 1. The van der Waals surface area contributed by atoms with Gasteiger partial charge in [0.25, 0.3) is 5.91 Å². The molecule has 0 aliphatic carbocycles. The number of anilines is 2. The second-order valence-corrected chi connectivity index (χ2v) is 7.13. The van der Waals surface area contributed by atoms with E-state index in [0.29, 0.717) is 16.8 Å². The predicted molar refractivity (Wildman–Crippen MR) is 101 cm³/mol. The Balaban J connectivity index is 1.95. The van der Waals surface area contributed by atoms with Gasteiger partial charge in [-0.15, -0.1) is 0 Å². The van der Waals surface area contributed by atoms with Crippen molar-refractivity contribution in [2.24, 2.45) is 0 Å². The molecule has 0 N–H and O–H groups in total. The molecule has 1 saturated heterocycles. The minimum atomic E-state index is -4.64. The van der Waals surface area contributed by atoms with Crippen LogP contribution in [-0.2, 0) is 15.7 Å². The van der Waals surface area contributed by atoms with Crippen LogP contribution < -0.4 is 9.80 Å². The number of rotatable bonds is 3. The number of carbonyl (C=O) groups is 2. The fourth-order valence-electron chi connectivity index (χ4n) is 2.84. The number of benzene rings is 1. The molecule has 154 valence electrons. The number of hydrogen-bond acceptors (Lipinski definition) is 4. The van der Waals surface area contributed by atoms with Crippen LogP contribution in [0.25, 0.3) is 0 Å². The Bertz CT molecular complexity index is 985. The summed E-state index contributed by atoms with van der Waals surface area (Å²) in [7, 11) is 1.44. The summed E-state index contributed by atoms with van der Waals surface area (Å²) >= 11 is 11.8. The Morgan fingerprint density at radius 2 is 1.93 bits per heavy atom. The number of aromatic nitrogens is 1. The molecule has 0 saturated carbocycles. The van der Waals surface area contributed by atoms with E-state index in [-0.39, 0.29) is 23.1 Å². The highest BCUT2D eigenvalue weighted by Crippen LogP contribution is 2.34. The van der Waals surface area contributed by atoms with E-state index in [0.717, 1.165) is 11.0 Å². The SMILES string of the molecule is Cc1cc(C(F)(F)F)cc(N2C(=O)OC[C@H]2C(=O)N(C)c2ccc(Cl)c(Cl)c2)n1. The molecule has 0 unspecified atom stereocenters. The Hall–Kier alpha value is -2.52. The van der Waals surface area contributed by atoms with Crippen LogP contribution in [0.4, 0.5) is 29.5 Å². The Labute approximate surface area is 173 Å². The maximum Gasteiger partial charge on any atom is 0.416 e. The molecular weight excluding hydrogens is 434 g/mol. The first kappa shape index (κ1) is 21.2. The summed E-state index contributed by atoms with van der Waals surface area (Å²) in [5, 5.41) is 0.510. The molecule has 2 amide bonds. The average molecular weight is 448 g/mol. The van der Waals surface area contributed by atoms with Gasteiger partial charge in [-0.1, -0.05) is 23.2 Å². The van der Waals surface area contributed by atoms with Gasteiger partial charge in [0.15, 0.2) is 6.04 Å². The van der Waals surface area contributed by atoms with Crippen LogP contribution in [0.2, 0.25) is 10.0 Å². The smallest absolute Gasteiger partial charge is 0.416 e. The topological polar surface area (TPSA) is 62.7 Å². The molecule has 1 aliphatic heterocycles. The molecule has 0 spiro atoms. The van der Waals surface area contributed by atoms with Crippen molar-refractivity contribution in [3.8, 4) is 0 Å². The number of carbonyl (C=O) groups excluding carboxylic acids is 2. The minimum Gasteiger partial charge on any atom is -0.446 e. The summed E-state index contributed by atoms with van der Waals surface area (Å²) < 4.78 is 44.4. The van der Waals surface area contributed by atoms with Gasteiger partial charge >= 0.3 is 12.3 Å². The van der Waals surface area contributed by atoms with Gasteiger partial charge in [0.05, 0.1) is 15.6 Å². The summed E-state index contributed by atoms with van der Waals surface area (Å²) in [5.41, 5.74) is -0.556. The van der Waals surface area contributed by atoms with Crippen molar-refractivity contribution in [3.05, 3.63) is 51.6 Å².